The zero-order chi connectivity index (χ0) is 35.7. The normalized spacial score (nSPS) is 11.6. The highest BCUT2D eigenvalue weighted by Crippen LogP contribution is 2.37. The van der Waals surface area contributed by atoms with Gasteiger partial charge in [-0.05, 0) is 123 Å². The Morgan fingerprint density at radius 3 is 1.50 bits per heavy atom. The Balaban J connectivity index is 0.000000481. The van der Waals surface area contributed by atoms with Crippen LogP contribution in [0.25, 0.3) is 22.3 Å². The Morgan fingerprint density at radius 1 is 0.680 bits per heavy atom. The first-order chi connectivity index (χ1) is 22.7. The van der Waals surface area contributed by atoms with Gasteiger partial charge in [-0.3, -0.25) is 9.59 Å². The molecule has 2 N–H and O–H groups in total. The van der Waals surface area contributed by atoms with E-state index in [0.29, 0.717) is 33.3 Å². The number of hydrogen-bond acceptors (Lipinski definition) is 5. The number of benzene rings is 4. The lowest BCUT2D eigenvalue weighted by atomic mass is 9.90. The number of nitrogens with two attached hydrogens (primary N) is 1. The molecule has 0 saturated heterocycles. The number of halogens is 4. The van der Waals surface area contributed by atoms with Crippen molar-refractivity contribution in [2.24, 2.45) is 5.73 Å². The van der Waals surface area contributed by atoms with E-state index in [1.165, 1.54) is 0 Å². The van der Waals surface area contributed by atoms with Gasteiger partial charge in [-0.2, -0.15) is 27.0 Å². The molecule has 4 aromatic rings. The standard InChI is InChI=1S/C20H22ClFO2.C19H21ClFNO2.2H2S/c1-5-24-18(23)10-13(3)16-11-15(9-14(4)20(16)22)19-12(2)7-6-8-17(19)21;1-4-24-17(23)10-16(22)14-9-13(8-12(3)19(14)21)18-11(2)6-5-7-15(18)20;;/h6-9,11,13H,5,10H2,1-4H3;5-9,16H,4,10,22H2,1-3H3;2*1H2/t13-;16-;;/m00../s1. The van der Waals surface area contributed by atoms with Gasteiger partial charge in [-0.1, -0.05) is 54.4 Å². The Kier molecular flexibility index (Phi) is 18.6. The van der Waals surface area contributed by atoms with Crippen molar-refractivity contribution in [2.45, 2.75) is 73.3 Å². The van der Waals surface area contributed by atoms with E-state index in [0.717, 1.165) is 33.4 Å². The van der Waals surface area contributed by atoms with Crippen LogP contribution in [0.4, 0.5) is 8.78 Å². The van der Waals surface area contributed by atoms with Gasteiger partial charge in [-0.25, -0.2) is 8.78 Å². The van der Waals surface area contributed by atoms with Crippen LogP contribution in [0.5, 0.6) is 0 Å². The summed E-state index contributed by atoms with van der Waals surface area (Å²) < 4.78 is 39.0. The summed E-state index contributed by atoms with van der Waals surface area (Å²) in [5.74, 6) is -1.71. The van der Waals surface area contributed by atoms with E-state index >= 15 is 0 Å². The van der Waals surface area contributed by atoms with Crippen LogP contribution >= 0.6 is 50.2 Å². The molecule has 272 valence electrons. The largest absolute Gasteiger partial charge is 0.466 e. The van der Waals surface area contributed by atoms with E-state index in [9.17, 15) is 18.4 Å². The van der Waals surface area contributed by atoms with Gasteiger partial charge in [0.05, 0.1) is 26.1 Å². The minimum Gasteiger partial charge on any atom is -0.466 e. The van der Waals surface area contributed by atoms with Crippen molar-refractivity contribution in [3.05, 3.63) is 116 Å². The van der Waals surface area contributed by atoms with Gasteiger partial charge in [0, 0.05) is 32.8 Å². The van der Waals surface area contributed by atoms with Crippen molar-refractivity contribution in [1.29, 1.82) is 0 Å². The molecule has 0 spiro atoms. The molecule has 0 unspecified atom stereocenters. The third-order valence-electron chi connectivity index (χ3n) is 7.99. The fourth-order valence-electron chi connectivity index (χ4n) is 5.60. The summed E-state index contributed by atoms with van der Waals surface area (Å²) in [5, 5.41) is 1.22. The number of carbonyl (C=O) groups is 2. The van der Waals surface area contributed by atoms with Gasteiger partial charge < -0.3 is 15.2 Å². The Hall–Kier alpha value is -3.08. The summed E-state index contributed by atoms with van der Waals surface area (Å²) in [6.45, 7) is 13.2. The summed E-state index contributed by atoms with van der Waals surface area (Å²) >= 11 is 12.7. The van der Waals surface area contributed by atoms with E-state index in [4.69, 9.17) is 38.4 Å². The molecule has 11 heteroatoms. The van der Waals surface area contributed by atoms with Gasteiger partial charge in [-0.15, -0.1) is 0 Å². The maximum Gasteiger partial charge on any atom is 0.307 e. The quantitative estimate of drug-likeness (QED) is 0.163. The average Bonchev–Trinajstić information content (AvgIpc) is 3.00. The minimum atomic E-state index is -0.773. The molecule has 0 aliphatic carbocycles. The van der Waals surface area contributed by atoms with Crippen LogP contribution in [0.3, 0.4) is 0 Å². The number of hydrogen-bond donors (Lipinski definition) is 1. The fraction of sp³-hybridized carbons (Fsp3) is 0.333. The molecular formula is C39H47Cl2F2NO4S2. The molecule has 0 radical (unpaired) electrons. The summed E-state index contributed by atoms with van der Waals surface area (Å²) in [7, 11) is 0. The van der Waals surface area contributed by atoms with Crippen LogP contribution in [-0.2, 0) is 19.1 Å². The number of carbonyl (C=O) groups excluding carboxylic acids is 2. The molecule has 4 aromatic carbocycles. The Bertz CT molecular complexity index is 1620. The van der Waals surface area contributed by atoms with Crippen molar-refractivity contribution in [3.8, 4) is 22.3 Å². The van der Waals surface area contributed by atoms with Gasteiger partial charge in [0.25, 0.3) is 0 Å². The van der Waals surface area contributed by atoms with Crippen molar-refractivity contribution < 1.29 is 27.8 Å². The van der Waals surface area contributed by atoms with Gasteiger partial charge >= 0.3 is 11.9 Å². The molecule has 0 aromatic heterocycles. The summed E-state index contributed by atoms with van der Waals surface area (Å²) in [6.07, 6.45) is 0.0737. The minimum absolute atomic E-state index is 0. The third kappa shape index (κ3) is 11.5. The molecule has 4 rings (SSSR count). The lowest BCUT2D eigenvalue weighted by molar-refractivity contribution is -0.144. The monoisotopic (exact) mass is 765 g/mol. The van der Waals surface area contributed by atoms with Crippen LogP contribution < -0.4 is 5.73 Å². The molecule has 0 amide bonds. The van der Waals surface area contributed by atoms with E-state index in [2.05, 4.69) is 0 Å². The van der Waals surface area contributed by atoms with Crippen molar-refractivity contribution in [3.63, 3.8) is 0 Å². The van der Waals surface area contributed by atoms with Crippen LogP contribution in [0.1, 0.15) is 79.0 Å². The average molecular weight is 767 g/mol. The van der Waals surface area contributed by atoms with E-state index < -0.39 is 17.8 Å². The van der Waals surface area contributed by atoms with E-state index in [1.54, 1.807) is 58.0 Å². The maximum absolute atomic E-state index is 14.6. The predicted molar refractivity (Wildman–Crippen MR) is 211 cm³/mol. The van der Waals surface area contributed by atoms with Crippen LogP contribution in [0, 0.1) is 39.3 Å². The molecule has 0 aliphatic heterocycles. The number of esters is 2. The number of rotatable bonds is 10. The summed E-state index contributed by atoms with van der Waals surface area (Å²) in [4.78, 5) is 23.4. The summed E-state index contributed by atoms with van der Waals surface area (Å²) in [5.41, 5.74) is 13.2. The second-order valence-electron chi connectivity index (χ2n) is 11.8. The second kappa shape index (κ2) is 20.7. The highest BCUT2D eigenvalue weighted by Gasteiger charge is 2.21. The zero-order valence-electron chi connectivity index (χ0n) is 29.5. The van der Waals surface area contributed by atoms with Crippen molar-refractivity contribution >= 4 is 62.1 Å². The SMILES string of the molecule is CCOC(=O)C[C@H](C)c1cc(-c2c(C)cccc2Cl)cc(C)c1F.CCOC(=O)C[C@H](N)c1cc(-c2c(C)cccc2Cl)cc(C)c1F.S.S. The first kappa shape index (κ1) is 44.9. The van der Waals surface area contributed by atoms with Gasteiger partial charge in [0.1, 0.15) is 11.6 Å². The zero-order valence-corrected chi connectivity index (χ0v) is 33.0. The molecule has 0 bridgehead atoms. The van der Waals surface area contributed by atoms with Gasteiger partial charge in [0.15, 0.2) is 0 Å². The smallest absolute Gasteiger partial charge is 0.307 e. The van der Waals surface area contributed by atoms with Crippen molar-refractivity contribution in [2.75, 3.05) is 13.2 Å². The fourth-order valence-corrected chi connectivity index (χ4v) is 6.26. The first-order valence-corrected chi connectivity index (χ1v) is 16.6. The topological polar surface area (TPSA) is 78.6 Å². The molecule has 50 heavy (non-hydrogen) atoms. The molecule has 5 nitrogen and oxygen atoms in total. The maximum atomic E-state index is 14.6. The molecule has 2 atom stereocenters. The molecular weight excluding hydrogens is 719 g/mol. The van der Waals surface area contributed by atoms with Crippen LogP contribution in [0.15, 0.2) is 60.7 Å². The molecule has 0 saturated carbocycles. The highest BCUT2D eigenvalue weighted by molar-refractivity contribution is 7.59. The van der Waals surface area contributed by atoms with Crippen LogP contribution in [0.2, 0.25) is 10.0 Å². The third-order valence-corrected chi connectivity index (χ3v) is 8.62. The van der Waals surface area contributed by atoms with E-state index in [1.807, 2.05) is 51.1 Å². The van der Waals surface area contributed by atoms with E-state index in [-0.39, 0.29) is 69.7 Å². The molecule has 0 heterocycles. The first-order valence-electron chi connectivity index (χ1n) is 15.9. The predicted octanol–water partition coefficient (Wildman–Crippen LogP) is 10.8. The van der Waals surface area contributed by atoms with Gasteiger partial charge in [0.2, 0.25) is 0 Å². The highest BCUT2D eigenvalue weighted by atomic mass is 35.5. The summed E-state index contributed by atoms with van der Waals surface area (Å²) in [6, 6.07) is 17.5. The van der Waals surface area contributed by atoms with Crippen LogP contribution in [-0.4, -0.2) is 25.2 Å². The lowest BCUT2D eigenvalue weighted by Gasteiger charge is -2.17. The Labute approximate surface area is 318 Å². The lowest BCUT2D eigenvalue weighted by Crippen LogP contribution is -2.19. The Morgan fingerprint density at radius 2 is 1.08 bits per heavy atom. The molecule has 0 aliphatic rings. The number of aryl methyl sites for hydroxylation is 4. The number of ether oxygens (including phenoxy) is 2. The van der Waals surface area contributed by atoms with Crippen molar-refractivity contribution in [1.82, 2.24) is 0 Å². The molecule has 0 fully saturated rings. The second-order valence-corrected chi connectivity index (χ2v) is 12.6.